The monoisotopic (exact) mass is 271 g/mol. The summed E-state index contributed by atoms with van der Waals surface area (Å²) in [5.41, 5.74) is 1.18. The molecule has 17 heavy (non-hydrogen) atoms. The van der Waals surface area contributed by atoms with Crippen molar-refractivity contribution in [3.8, 4) is 0 Å². The van der Waals surface area contributed by atoms with E-state index in [2.05, 4.69) is 42.7 Å². The van der Waals surface area contributed by atoms with Crippen LogP contribution in [-0.2, 0) is 6.54 Å². The molecule has 1 aliphatic heterocycles. The summed E-state index contributed by atoms with van der Waals surface area (Å²) in [6.07, 6.45) is 0. The highest BCUT2D eigenvalue weighted by Crippen LogP contribution is 2.34. The van der Waals surface area contributed by atoms with Crippen molar-refractivity contribution in [1.29, 1.82) is 0 Å². The second-order valence-electron chi connectivity index (χ2n) is 5.07. The van der Waals surface area contributed by atoms with Gasteiger partial charge in [-0.3, -0.25) is 0 Å². The van der Waals surface area contributed by atoms with Gasteiger partial charge in [0.25, 0.3) is 0 Å². The van der Waals surface area contributed by atoms with Gasteiger partial charge in [-0.15, -0.1) is 11.3 Å². The summed E-state index contributed by atoms with van der Waals surface area (Å²) in [6.45, 7) is 9.90. The van der Waals surface area contributed by atoms with E-state index in [9.17, 15) is 0 Å². The summed E-state index contributed by atoms with van der Waals surface area (Å²) in [4.78, 5) is 8.51. The van der Waals surface area contributed by atoms with Gasteiger partial charge in [-0.05, 0) is 27.8 Å². The lowest BCUT2D eigenvalue weighted by Crippen LogP contribution is -2.43. The first-order valence-corrected chi connectivity index (χ1v) is 7.82. The maximum absolute atomic E-state index is 4.71. The van der Waals surface area contributed by atoms with Crippen molar-refractivity contribution in [3.63, 3.8) is 0 Å². The van der Waals surface area contributed by atoms with Crippen LogP contribution in [0.1, 0.15) is 24.4 Å². The number of nitrogens with zero attached hydrogens (tertiary/aromatic N) is 2. The van der Waals surface area contributed by atoms with Crippen LogP contribution in [0.3, 0.4) is 0 Å². The lowest BCUT2D eigenvalue weighted by atomic mass is 10.2. The summed E-state index contributed by atoms with van der Waals surface area (Å²) >= 11 is 3.90. The number of hydrogen-bond acceptors (Lipinski definition) is 5. The lowest BCUT2D eigenvalue weighted by Gasteiger charge is -2.37. The highest BCUT2D eigenvalue weighted by Gasteiger charge is 2.28. The maximum atomic E-state index is 4.71. The maximum Gasteiger partial charge on any atom is 0.185 e. The second kappa shape index (κ2) is 5.16. The fourth-order valence-electron chi connectivity index (χ4n) is 2.05. The molecule has 0 aromatic carbocycles. The van der Waals surface area contributed by atoms with E-state index in [1.165, 1.54) is 21.5 Å². The van der Waals surface area contributed by atoms with Crippen molar-refractivity contribution < 1.29 is 0 Å². The molecule has 96 valence electrons. The predicted octanol–water partition coefficient (Wildman–Crippen LogP) is 2.50. The number of nitrogens with one attached hydrogen (secondary N) is 1. The van der Waals surface area contributed by atoms with Gasteiger partial charge in [-0.25, -0.2) is 4.98 Å². The Labute approximate surface area is 112 Å². The molecule has 3 nitrogen and oxygen atoms in total. The Morgan fingerprint density at radius 2 is 2.24 bits per heavy atom. The Kier molecular flexibility index (Phi) is 4.00. The van der Waals surface area contributed by atoms with E-state index < -0.39 is 0 Å². The molecule has 1 saturated heterocycles. The van der Waals surface area contributed by atoms with Gasteiger partial charge in [0.1, 0.15) is 0 Å². The predicted molar refractivity (Wildman–Crippen MR) is 78.4 cm³/mol. The number of aromatic nitrogens is 1. The summed E-state index contributed by atoms with van der Waals surface area (Å²) in [5.74, 6) is 1.20. The first kappa shape index (κ1) is 13.2. The molecule has 1 aromatic rings. The first-order valence-electron chi connectivity index (χ1n) is 6.01. The molecule has 0 unspecified atom stereocenters. The van der Waals surface area contributed by atoms with E-state index in [-0.39, 0.29) is 0 Å². The Morgan fingerprint density at radius 1 is 1.47 bits per heavy atom. The van der Waals surface area contributed by atoms with Crippen LogP contribution in [0.15, 0.2) is 0 Å². The zero-order chi connectivity index (χ0) is 12.5. The average molecular weight is 271 g/mol. The fraction of sp³-hybridized carbons (Fsp3) is 0.750. The minimum atomic E-state index is 0.348. The van der Waals surface area contributed by atoms with Crippen LogP contribution in [0.5, 0.6) is 0 Å². The van der Waals surface area contributed by atoms with E-state index in [0.717, 1.165) is 19.6 Å². The lowest BCUT2D eigenvalue weighted by molar-refractivity contribution is 0.646. The van der Waals surface area contributed by atoms with E-state index in [1.807, 2.05) is 18.4 Å². The molecule has 5 heteroatoms. The molecule has 0 bridgehead atoms. The van der Waals surface area contributed by atoms with Crippen LogP contribution < -0.4 is 10.2 Å². The highest BCUT2D eigenvalue weighted by molar-refractivity contribution is 8.00. The minimum Gasteiger partial charge on any atom is -0.346 e. The highest BCUT2D eigenvalue weighted by atomic mass is 32.2. The smallest absolute Gasteiger partial charge is 0.185 e. The van der Waals surface area contributed by atoms with Crippen molar-refractivity contribution in [1.82, 2.24) is 10.3 Å². The van der Waals surface area contributed by atoms with Gasteiger partial charge >= 0.3 is 0 Å². The SMILES string of the molecule is CNCc1sc(N2CCSC(C)(C)C2)nc1C. The average Bonchev–Trinajstić information content (AvgIpc) is 2.60. The normalized spacial score (nSPS) is 19.6. The third-order valence-electron chi connectivity index (χ3n) is 2.91. The second-order valence-corrected chi connectivity index (χ2v) is 7.93. The molecular weight excluding hydrogens is 250 g/mol. The van der Waals surface area contributed by atoms with Gasteiger partial charge in [0, 0.05) is 35.0 Å². The number of aryl methyl sites for hydroxylation is 1. The molecule has 1 aliphatic rings. The standard InChI is InChI=1S/C12H21N3S2/c1-9-10(7-13-4)17-11(14-9)15-5-6-16-12(2,3)8-15/h13H,5-8H2,1-4H3. The zero-order valence-corrected chi connectivity index (χ0v) is 12.7. The number of thiazole rings is 1. The van der Waals surface area contributed by atoms with Crippen molar-refractivity contribution in [3.05, 3.63) is 10.6 Å². The summed E-state index contributed by atoms with van der Waals surface area (Å²) in [6, 6.07) is 0. The van der Waals surface area contributed by atoms with E-state index in [0.29, 0.717) is 4.75 Å². The van der Waals surface area contributed by atoms with Crippen LogP contribution >= 0.6 is 23.1 Å². The molecule has 0 saturated carbocycles. The fourth-order valence-corrected chi connectivity index (χ4v) is 4.26. The topological polar surface area (TPSA) is 28.2 Å². The quantitative estimate of drug-likeness (QED) is 0.914. The molecule has 2 rings (SSSR count). The molecule has 1 fully saturated rings. The summed E-state index contributed by atoms with van der Waals surface area (Å²) in [7, 11) is 1.99. The van der Waals surface area contributed by atoms with Gasteiger partial charge in [-0.2, -0.15) is 11.8 Å². The van der Waals surface area contributed by atoms with Crippen LogP contribution in [-0.4, -0.2) is 35.6 Å². The van der Waals surface area contributed by atoms with Crippen LogP contribution in [0.2, 0.25) is 0 Å². The first-order chi connectivity index (χ1) is 8.02. The van der Waals surface area contributed by atoms with Gasteiger partial charge in [-0.1, -0.05) is 0 Å². The van der Waals surface area contributed by atoms with Crippen molar-refractivity contribution >= 4 is 28.2 Å². The molecule has 0 aliphatic carbocycles. The summed E-state index contributed by atoms with van der Waals surface area (Å²) in [5, 5.41) is 4.40. The number of thioether (sulfide) groups is 1. The van der Waals surface area contributed by atoms with Crippen molar-refractivity contribution in [2.24, 2.45) is 0 Å². The van der Waals surface area contributed by atoms with Crippen LogP contribution in [0.25, 0.3) is 0 Å². The van der Waals surface area contributed by atoms with Gasteiger partial charge in [0.05, 0.1) is 5.69 Å². The number of anilines is 1. The van der Waals surface area contributed by atoms with Crippen LogP contribution in [0.4, 0.5) is 5.13 Å². The van der Waals surface area contributed by atoms with E-state index >= 15 is 0 Å². The number of hydrogen-bond donors (Lipinski definition) is 1. The number of rotatable bonds is 3. The van der Waals surface area contributed by atoms with E-state index in [1.54, 1.807) is 0 Å². The Hall–Kier alpha value is -0.260. The molecule has 2 heterocycles. The van der Waals surface area contributed by atoms with Crippen molar-refractivity contribution in [2.75, 3.05) is 30.8 Å². The Balaban J connectivity index is 2.14. The molecule has 0 amide bonds. The van der Waals surface area contributed by atoms with E-state index in [4.69, 9.17) is 4.98 Å². The molecular formula is C12H21N3S2. The largest absolute Gasteiger partial charge is 0.346 e. The van der Waals surface area contributed by atoms with Gasteiger partial charge in [0.2, 0.25) is 0 Å². The van der Waals surface area contributed by atoms with Crippen molar-refractivity contribution in [2.45, 2.75) is 32.1 Å². The third kappa shape index (κ3) is 3.14. The molecule has 1 aromatic heterocycles. The third-order valence-corrected chi connectivity index (χ3v) is 5.43. The van der Waals surface area contributed by atoms with Gasteiger partial charge in [0.15, 0.2) is 5.13 Å². The molecule has 0 atom stereocenters. The molecule has 1 N–H and O–H groups in total. The minimum absolute atomic E-state index is 0.348. The van der Waals surface area contributed by atoms with Gasteiger partial charge < -0.3 is 10.2 Å². The zero-order valence-electron chi connectivity index (χ0n) is 11.0. The Bertz CT molecular complexity index is 387. The molecule has 0 radical (unpaired) electrons. The summed E-state index contributed by atoms with van der Waals surface area (Å²) < 4.78 is 0.348. The van der Waals surface area contributed by atoms with Crippen LogP contribution in [0, 0.1) is 6.92 Å². The molecule has 0 spiro atoms. The Morgan fingerprint density at radius 3 is 2.88 bits per heavy atom.